The fourth-order valence-corrected chi connectivity index (χ4v) is 5.05. The number of aromatic nitrogens is 1. The van der Waals surface area contributed by atoms with Crippen molar-refractivity contribution in [3.05, 3.63) is 69.3 Å². The van der Waals surface area contributed by atoms with Crippen molar-refractivity contribution in [3.63, 3.8) is 0 Å². The first-order valence-corrected chi connectivity index (χ1v) is 10.8. The van der Waals surface area contributed by atoms with Crippen LogP contribution >= 0.6 is 34.8 Å². The number of fused-ring (bicyclic) bond motifs is 4. The Bertz CT molecular complexity index is 1020. The predicted molar refractivity (Wildman–Crippen MR) is 119 cm³/mol. The van der Waals surface area contributed by atoms with Crippen molar-refractivity contribution in [3.8, 4) is 0 Å². The number of rotatable bonds is 4. The number of carbonyl (C=O) groups is 1. The number of nitrogens with zero attached hydrogens (tertiary/aromatic N) is 3. The number of alkyl halides is 3. The third kappa shape index (κ3) is 4.69. The summed E-state index contributed by atoms with van der Waals surface area (Å²) >= 11 is 18.8. The largest absolute Gasteiger partial charge is 0.733 e. The van der Waals surface area contributed by atoms with Crippen LogP contribution < -0.4 is 16.1 Å². The van der Waals surface area contributed by atoms with Crippen molar-refractivity contribution in [2.24, 2.45) is 5.92 Å². The van der Waals surface area contributed by atoms with E-state index in [1.165, 1.54) is 24.3 Å². The molecule has 8 nitrogen and oxygen atoms in total. The molecule has 3 heterocycles. The molecular weight excluding hydrogens is 467 g/mol. The van der Waals surface area contributed by atoms with E-state index < -0.39 is 15.9 Å². The average molecular weight is 487 g/mol. The van der Waals surface area contributed by atoms with Crippen molar-refractivity contribution in [2.45, 2.75) is 28.8 Å². The zero-order chi connectivity index (χ0) is 22.3. The molecule has 0 unspecified atom stereocenters. The first kappa shape index (κ1) is 22.4. The second kappa shape index (κ2) is 8.61. The number of amides is 1. The number of carbonyl (C=O) groups excluding carboxylic acids is 1. The van der Waals surface area contributed by atoms with Crippen molar-refractivity contribution < 1.29 is 10.0 Å². The van der Waals surface area contributed by atoms with Crippen LogP contribution in [-0.2, 0) is 6.54 Å². The molecule has 31 heavy (non-hydrogen) atoms. The Kier molecular flexibility index (Phi) is 6.22. The van der Waals surface area contributed by atoms with Crippen molar-refractivity contribution >= 4 is 46.4 Å². The number of anilines is 1. The molecule has 2 N–H and O–H groups in total. The van der Waals surface area contributed by atoms with Gasteiger partial charge in [0.1, 0.15) is 6.17 Å². The summed E-state index contributed by atoms with van der Waals surface area (Å²) in [5.41, 5.74) is 1.17. The maximum atomic E-state index is 12.8. The normalized spacial score (nSPS) is 21.8. The van der Waals surface area contributed by atoms with Crippen molar-refractivity contribution in [1.82, 2.24) is 14.8 Å². The van der Waals surface area contributed by atoms with Gasteiger partial charge in [-0.1, -0.05) is 40.9 Å². The summed E-state index contributed by atoms with van der Waals surface area (Å²) in [6.45, 7) is 1.66. The molecule has 0 radical (unpaired) electrons. The minimum absolute atomic E-state index is 0.00718. The third-order valence-corrected chi connectivity index (χ3v) is 6.42. The molecule has 1 amide bonds. The molecule has 2 aromatic rings. The molecule has 0 saturated carbocycles. The first-order valence-electron chi connectivity index (χ1n) is 9.71. The number of hydrogen-bond donors (Lipinski definition) is 2. The van der Waals surface area contributed by atoms with Crippen molar-refractivity contribution in [2.75, 3.05) is 18.3 Å². The lowest BCUT2D eigenvalue weighted by Gasteiger charge is -2.47. The van der Waals surface area contributed by atoms with E-state index in [2.05, 4.69) is 5.32 Å². The zero-order valence-electron chi connectivity index (χ0n) is 16.2. The van der Waals surface area contributed by atoms with E-state index in [0.29, 0.717) is 19.6 Å². The Morgan fingerprint density at radius 2 is 1.87 bits per heavy atom. The van der Waals surface area contributed by atoms with Gasteiger partial charge in [-0.3, -0.25) is 19.7 Å². The fraction of sp³-hybridized carbons (Fsp3) is 0.400. The van der Waals surface area contributed by atoms with E-state index in [1.54, 1.807) is 16.7 Å². The van der Waals surface area contributed by atoms with Crippen LogP contribution in [0, 0.1) is 11.1 Å². The molecule has 11 heteroatoms. The monoisotopic (exact) mass is 485 g/mol. The Hall–Kier alpha value is -1.81. The standard InChI is InChI=1S/C20H20Cl3N4O4/c21-20(22,23)19(24-18(29)13-4-6-15(7-5-13)27(30)31)25-9-12-8-14(11-25)16-2-1-3-17(28)26(16)10-12/h1-7,12,14,19,30H,8-11H2,(H,24,29)/q-1/t12-,14-,19+/m1/s1. The highest BCUT2D eigenvalue weighted by Gasteiger charge is 2.44. The second-order valence-electron chi connectivity index (χ2n) is 7.89. The minimum Gasteiger partial charge on any atom is -0.733 e. The van der Waals surface area contributed by atoms with Gasteiger partial charge in [-0.05, 0) is 42.7 Å². The fourth-order valence-electron chi connectivity index (χ4n) is 4.47. The predicted octanol–water partition coefficient (Wildman–Crippen LogP) is 3.09. The summed E-state index contributed by atoms with van der Waals surface area (Å²) in [5.74, 6) is -0.212. The number of nitrogens with one attached hydrogen (secondary N) is 1. The van der Waals surface area contributed by atoms with Crippen LogP contribution in [0.2, 0.25) is 0 Å². The van der Waals surface area contributed by atoms with Crippen molar-refractivity contribution in [1.29, 1.82) is 0 Å². The molecule has 0 spiro atoms. The topological polar surface area (TPSA) is 101 Å². The van der Waals surface area contributed by atoms with Crippen LogP contribution in [-0.4, -0.2) is 43.6 Å². The van der Waals surface area contributed by atoms with E-state index in [4.69, 9.17) is 40.0 Å². The molecule has 1 aromatic carbocycles. The van der Waals surface area contributed by atoms with Gasteiger partial charge in [0.05, 0.1) is 5.69 Å². The molecule has 1 aromatic heterocycles. The zero-order valence-corrected chi connectivity index (χ0v) is 18.5. The molecule has 1 saturated heterocycles. The second-order valence-corrected chi connectivity index (χ2v) is 10.3. The van der Waals surface area contributed by atoms with Crippen LogP contribution in [0.5, 0.6) is 0 Å². The molecule has 0 aliphatic carbocycles. The van der Waals surface area contributed by atoms with Gasteiger partial charge < -0.3 is 20.3 Å². The van der Waals surface area contributed by atoms with E-state index in [0.717, 1.165) is 12.1 Å². The highest BCUT2D eigenvalue weighted by Crippen LogP contribution is 2.40. The maximum Gasteiger partial charge on any atom is 0.252 e. The smallest absolute Gasteiger partial charge is 0.252 e. The molecule has 1 fully saturated rings. The highest BCUT2D eigenvalue weighted by molar-refractivity contribution is 6.68. The van der Waals surface area contributed by atoms with Gasteiger partial charge in [-0.2, -0.15) is 0 Å². The van der Waals surface area contributed by atoms with E-state index >= 15 is 0 Å². The van der Waals surface area contributed by atoms with Gasteiger partial charge in [0.25, 0.3) is 11.5 Å². The number of pyridine rings is 1. The summed E-state index contributed by atoms with van der Waals surface area (Å²) in [6, 6.07) is 10.7. The van der Waals surface area contributed by atoms with Crippen LogP contribution in [0.1, 0.15) is 28.4 Å². The number of halogens is 3. The number of hydrogen-bond acceptors (Lipinski definition) is 6. The average Bonchev–Trinajstić information content (AvgIpc) is 2.71. The first-order chi connectivity index (χ1) is 14.6. The lowest BCUT2D eigenvalue weighted by Crippen LogP contribution is -2.60. The van der Waals surface area contributed by atoms with Gasteiger partial charge in [-0.15, -0.1) is 0 Å². The van der Waals surface area contributed by atoms with Gasteiger partial charge in [0.15, 0.2) is 0 Å². The SMILES string of the molecule is O=C(N[C@@H](N1C[C@H]2C[C@H](C1)c1cccc(=O)n1C2)C(Cl)(Cl)Cl)c1ccc(N([O-])O)cc1. The van der Waals surface area contributed by atoms with Crippen LogP contribution in [0.3, 0.4) is 0 Å². The summed E-state index contributed by atoms with van der Waals surface area (Å²) in [7, 11) is 0. The molecule has 2 aliphatic rings. The molecule has 2 bridgehead atoms. The Morgan fingerprint density at radius 1 is 1.16 bits per heavy atom. The molecular formula is C20H20Cl3N4O4-. The maximum absolute atomic E-state index is 12.8. The number of likely N-dealkylation sites (tertiary alicyclic amines) is 1. The van der Waals surface area contributed by atoms with Gasteiger partial charge >= 0.3 is 0 Å². The quantitative estimate of drug-likeness (QED) is 0.509. The molecule has 3 atom stereocenters. The Labute approximate surface area is 193 Å². The Balaban J connectivity index is 1.55. The molecule has 4 rings (SSSR count). The molecule has 166 valence electrons. The molecule has 2 aliphatic heterocycles. The number of benzene rings is 1. The summed E-state index contributed by atoms with van der Waals surface area (Å²) in [6.07, 6.45) is 0.0280. The lowest BCUT2D eigenvalue weighted by molar-refractivity contribution is 0.0586. The van der Waals surface area contributed by atoms with E-state index in [-0.39, 0.29) is 33.9 Å². The van der Waals surface area contributed by atoms with E-state index in [9.17, 15) is 14.8 Å². The van der Waals surface area contributed by atoms with Gasteiger partial charge in [0.2, 0.25) is 3.79 Å². The lowest BCUT2D eigenvalue weighted by atomic mass is 9.83. The Morgan fingerprint density at radius 3 is 2.52 bits per heavy atom. The third-order valence-electron chi connectivity index (χ3n) is 5.80. The van der Waals surface area contributed by atoms with Gasteiger partial charge in [0, 0.05) is 42.9 Å². The summed E-state index contributed by atoms with van der Waals surface area (Å²) in [4.78, 5) is 27.0. The van der Waals surface area contributed by atoms with Crippen LogP contribution in [0.15, 0.2) is 47.3 Å². The highest BCUT2D eigenvalue weighted by atomic mass is 35.6. The summed E-state index contributed by atoms with van der Waals surface area (Å²) in [5, 5.41) is 22.4. The van der Waals surface area contributed by atoms with Gasteiger partial charge in [-0.25, -0.2) is 0 Å². The summed E-state index contributed by atoms with van der Waals surface area (Å²) < 4.78 is 0.00955. The van der Waals surface area contributed by atoms with Crippen LogP contribution in [0.25, 0.3) is 0 Å². The van der Waals surface area contributed by atoms with E-state index in [1.807, 2.05) is 11.0 Å². The van der Waals surface area contributed by atoms with Crippen LogP contribution in [0.4, 0.5) is 5.69 Å². The number of piperidine rings is 1. The minimum atomic E-state index is -1.80.